The van der Waals surface area contributed by atoms with Crippen molar-refractivity contribution in [2.24, 2.45) is 5.41 Å². The van der Waals surface area contributed by atoms with Crippen molar-refractivity contribution in [3.05, 3.63) is 0 Å². The van der Waals surface area contributed by atoms with Crippen molar-refractivity contribution in [3.63, 3.8) is 0 Å². The number of ether oxygens (including phenoxy) is 2. The van der Waals surface area contributed by atoms with Gasteiger partial charge in [-0.05, 0) is 20.3 Å². The van der Waals surface area contributed by atoms with Crippen molar-refractivity contribution in [2.45, 2.75) is 72.5 Å². The van der Waals surface area contributed by atoms with Crippen LogP contribution in [0.5, 0.6) is 0 Å². The Morgan fingerprint density at radius 3 is 1.84 bits per heavy atom. The van der Waals surface area contributed by atoms with Crippen molar-refractivity contribution in [2.75, 3.05) is 13.2 Å². The van der Waals surface area contributed by atoms with E-state index < -0.39 is 25.4 Å². The predicted molar refractivity (Wildman–Crippen MR) is 103 cm³/mol. The Morgan fingerprint density at radius 1 is 0.880 bits per heavy atom. The summed E-state index contributed by atoms with van der Waals surface area (Å²) in [5.41, 5.74) is 1.75. The van der Waals surface area contributed by atoms with Gasteiger partial charge in [-0.2, -0.15) is 0 Å². The lowest BCUT2D eigenvalue weighted by atomic mass is 9.81. The molecule has 0 radical (unpaired) electrons. The van der Waals surface area contributed by atoms with E-state index in [4.69, 9.17) is 9.47 Å². The molecule has 0 aliphatic carbocycles. The largest absolute Gasteiger partial charge is 0.465 e. The predicted octanol–water partition coefficient (Wildman–Crippen LogP) is 3.95. The number of unbranched alkanes of at least 4 members (excludes halogenated alkanes) is 2. The van der Waals surface area contributed by atoms with Crippen LogP contribution in [-0.2, 0) is 19.1 Å². The van der Waals surface area contributed by atoms with Crippen molar-refractivity contribution >= 4 is 20.0 Å². The smallest absolute Gasteiger partial charge is 0.325 e. The third-order valence-corrected chi connectivity index (χ3v) is 4.28. The molecule has 0 rings (SSSR count). The first-order valence-corrected chi connectivity index (χ1v) is 12.5. The maximum Gasteiger partial charge on any atom is 0.325 e. The molecule has 0 amide bonds. The summed E-state index contributed by atoms with van der Waals surface area (Å²) in [7, 11) is -1.61. The van der Waals surface area contributed by atoms with Gasteiger partial charge in [0.15, 0.2) is 5.41 Å². The molecular weight excluding hydrogens is 332 g/mol. The van der Waals surface area contributed by atoms with E-state index in [-0.39, 0.29) is 26.1 Å². The van der Waals surface area contributed by atoms with Gasteiger partial charge in [-0.3, -0.25) is 9.59 Å². The second-order valence-corrected chi connectivity index (χ2v) is 11.6. The van der Waals surface area contributed by atoms with Gasteiger partial charge >= 0.3 is 11.9 Å². The molecule has 0 N–H and O–H groups in total. The minimum atomic E-state index is -1.61. The lowest BCUT2D eigenvalue weighted by Gasteiger charge is -2.25. The molecule has 0 saturated carbocycles. The Bertz CT molecular complexity index is 534. The Kier molecular flexibility index (Phi) is 11.0. The molecule has 4 nitrogen and oxygen atoms in total. The summed E-state index contributed by atoms with van der Waals surface area (Å²) in [6.07, 6.45) is 2.95. The number of carbonyl (C=O) groups is 2. The van der Waals surface area contributed by atoms with Crippen LogP contribution < -0.4 is 0 Å². The average molecular weight is 365 g/mol. The van der Waals surface area contributed by atoms with Crippen LogP contribution in [0.1, 0.15) is 52.9 Å². The number of rotatable bonds is 8. The SMILES string of the molecule is CCCCC#CCC(CC#C[Si](C)(C)C)(C(=O)OCC)C(=O)OCC. The van der Waals surface area contributed by atoms with Crippen molar-refractivity contribution in [1.82, 2.24) is 0 Å². The third-order valence-electron chi connectivity index (χ3n) is 3.36. The zero-order valence-electron chi connectivity index (χ0n) is 16.6. The molecule has 0 aromatic rings. The number of esters is 2. The Hall–Kier alpha value is -1.72. The first-order chi connectivity index (χ1) is 11.7. The molecule has 0 unspecified atom stereocenters. The van der Waals surface area contributed by atoms with Gasteiger partial charge in [0, 0.05) is 19.3 Å². The van der Waals surface area contributed by atoms with Crippen LogP contribution in [0.25, 0.3) is 0 Å². The van der Waals surface area contributed by atoms with Gasteiger partial charge in [0.25, 0.3) is 0 Å². The van der Waals surface area contributed by atoms with E-state index in [1.54, 1.807) is 13.8 Å². The fraction of sp³-hybridized carbons (Fsp3) is 0.700. The first kappa shape index (κ1) is 23.3. The second kappa shape index (κ2) is 11.8. The van der Waals surface area contributed by atoms with Crippen LogP contribution in [0.3, 0.4) is 0 Å². The zero-order valence-corrected chi connectivity index (χ0v) is 17.6. The number of hydrogen-bond acceptors (Lipinski definition) is 4. The quantitative estimate of drug-likeness (QED) is 0.215. The fourth-order valence-corrected chi connectivity index (χ4v) is 2.62. The van der Waals surface area contributed by atoms with E-state index in [0.29, 0.717) is 0 Å². The summed E-state index contributed by atoms with van der Waals surface area (Å²) < 4.78 is 10.3. The molecule has 0 aliphatic rings. The summed E-state index contributed by atoms with van der Waals surface area (Å²) in [4.78, 5) is 25.2. The third kappa shape index (κ3) is 8.79. The molecule has 140 valence electrons. The normalized spacial score (nSPS) is 10.8. The van der Waals surface area contributed by atoms with Crippen LogP contribution in [0.15, 0.2) is 0 Å². The van der Waals surface area contributed by atoms with Crippen LogP contribution >= 0.6 is 0 Å². The molecule has 0 saturated heterocycles. The van der Waals surface area contributed by atoms with Gasteiger partial charge in [0.05, 0.1) is 13.2 Å². The van der Waals surface area contributed by atoms with Gasteiger partial charge in [0.1, 0.15) is 8.07 Å². The molecule has 0 aromatic carbocycles. The van der Waals surface area contributed by atoms with Crippen LogP contribution in [0.4, 0.5) is 0 Å². The van der Waals surface area contributed by atoms with Gasteiger partial charge in [-0.15, -0.1) is 23.3 Å². The van der Waals surface area contributed by atoms with Crippen LogP contribution in [0, 0.1) is 28.7 Å². The Morgan fingerprint density at radius 2 is 1.40 bits per heavy atom. The molecule has 0 atom stereocenters. The number of hydrogen-bond donors (Lipinski definition) is 0. The molecule has 0 fully saturated rings. The first-order valence-electron chi connectivity index (χ1n) is 9.03. The minimum Gasteiger partial charge on any atom is -0.465 e. The topological polar surface area (TPSA) is 52.6 Å². The van der Waals surface area contributed by atoms with E-state index in [0.717, 1.165) is 19.3 Å². The summed E-state index contributed by atoms with van der Waals surface area (Å²) in [5.74, 6) is 7.87. The summed E-state index contributed by atoms with van der Waals surface area (Å²) in [5, 5.41) is 0. The lowest BCUT2D eigenvalue weighted by molar-refractivity contribution is -0.171. The number of carbonyl (C=O) groups excluding carboxylic acids is 2. The monoisotopic (exact) mass is 364 g/mol. The standard InChI is InChI=1S/C20H32O4Si/c1-7-10-11-12-13-15-20(18(21)23-8-2,19(22)24-9-3)16-14-17-25(4,5)6/h7-11,15-16H2,1-6H3. The van der Waals surface area contributed by atoms with Gasteiger partial charge in [-0.25, -0.2) is 0 Å². The molecule has 25 heavy (non-hydrogen) atoms. The van der Waals surface area contributed by atoms with Crippen molar-refractivity contribution in [1.29, 1.82) is 0 Å². The van der Waals surface area contributed by atoms with E-state index in [9.17, 15) is 9.59 Å². The summed E-state index contributed by atoms with van der Waals surface area (Å²) in [6.45, 7) is 12.3. The molecule has 5 heteroatoms. The van der Waals surface area contributed by atoms with Crippen LogP contribution in [-0.4, -0.2) is 33.2 Å². The average Bonchev–Trinajstić information content (AvgIpc) is 2.52. The van der Waals surface area contributed by atoms with E-state index in [1.807, 2.05) is 0 Å². The van der Waals surface area contributed by atoms with E-state index in [1.165, 1.54) is 0 Å². The van der Waals surface area contributed by atoms with Crippen LogP contribution in [0.2, 0.25) is 19.6 Å². The highest BCUT2D eigenvalue weighted by atomic mass is 28.3. The lowest BCUT2D eigenvalue weighted by Crippen LogP contribution is -2.42. The Balaban J connectivity index is 5.68. The molecule has 0 heterocycles. The molecule has 0 spiro atoms. The zero-order chi connectivity index (χ0) is 19.3. The molecule has 0 aliphatic heterocycles. The highest BCUT2D eigenvalue weighted by Gasteiger charge is 2.48. The maximum absolute atomic E-state index is 12.6. The molecular formula is C20H32O4Si. The van der Waals surface area contributed by atoms with Gasteiger partial charge < -0.3 is 9.47 Å². The molecule has 0 bridgehead atoms. The highest BCUT2D eigenvalue weighted by Crippen LogP contribution is 2.30. The molecule has 0 aromatic heterocycles. The van der Waals surface area contributed by atoms with Crippen molar-refractivity contribution < 1.29 is 19.1 Å². The summed E-state index contributed by atoms with van der Waals surface area (Å²) >= 11 is 0. The fourth-order valence-electron chi connectivity index (χ4n) is 2.00. The van der Waals surface area contributed by atoms with E-state index in [2.05, 4.69) is 49.9 Å². The van der Waals surface area contributed by atoms with Crippen molar-refractivity contribution in [3.8, 4) is 23.3 Å². The highest BCUT2D eigenvalue weighted by molar-refractivity contribution is 6.83. The summed E-state index contributed by atoms with van der Waals surface area (Å²) in [6, 6.07) is 0. The second-order valence-electron chi connectivity index (χ2n) is 6.89. The van der Waals surface area contributed by atoms with Gasteiger partial charge in [0.2, 0.25) is 0 Å². The van der Waals surface area contributed by atoms with Gasteiger partial charge in [-0.1, -0.05) is 33.0 Å². The maximum atomic E-state index is 12.6. The van der Waals surface area contributed by atoms with E-state index >= 15 is 0 Å². The minimum absolute atomic E-state index is 0.0781. The Labute approximate surface area is 154 Å².